The molecule has 1 aliphatic carbocycles. The molecule has 2 heterocycles. The summed E-state index contributed by atoms with van der Waals surface area (Å²) in [5, 5.41) is 24.7. The van der Waals surface area contributed by atoms with Crippen molar-refractivity contribution in [2.24, 2.45) is 0 Å². The number of hydrogen-bond donors (Lipinski definition) is 3. The van der Waals surface area contributed by atoms with Crippen molar-refractivity contribution in [2.75, 3.05) is 0 Å². The third-order valence-electron chi connectivity index (χ3n) is 4.18. The molecular weight excluding hydrogens is 282 g/mol. The molecule has 4 rings (SSSR count). The Morgan fingerprint density at radius 2 is 2.32 bits per heavy atom. The lowest BCUT2D eigenvalue weighted by Gasteiger charge is -2.41. The number of aromatic amines is 1. The summed E-state index contributed by atoms with van der Waals surface area (Å²) in [6, 6.07) is 6.91. The van der Waals surface area contributed by atoms with Gasteiger partial charge in [-0.05, 0) is 24.6 Å². The van der Waals surface area contributed by atoms with Gasteiger partial charge in [0.2, 0.25) is 0 Å². The van der Waals surface area contributed by atoms with Crippen LogP contribution in [0.1, 0.15) is 22.8 Å². The van der Waals surface area contributed by atoms with Crippen LogP contribution in [0.2, 0.25) is 0 Å². The van der Waals surface area contributed by atoms with E-state index in [0.717, 1.165) is 10.9 Å². The molecule has 1 aromatic carbocycles. The molecule has 0 saturated heterocycles. The minimum atomic E-state index is -0.491. The highest BCUT2D eigenvalue weighted by Gasteiger charge is 2.42. The van der Waals surface area contributed by atoms with Crippen molar-refractivity contribution < 1.29 is 9.90 Å². The van der Waals surface area contributed by atoms with Gasteiger partial charge < -0.3 is 10.4 Å². The number of nitrogens with zero attached hydrogens (tertiary/aromatic N) is 3. The number of aliphatic hydroxyl groups excluding tert-OH is 1. The zero-order valence-corrected chi connectivity index (χ0v) is 11.7. The third kappa shape index (κ3) is 1.98. The number of aromatic nitrogens is 4. The molecule has 1 aliphatic rings. The van der Waals surface area contributed by atoms with E-state index in [1.165, 1.54) is 0 Å². The normalized spacial score (nSPS) is 24.1. The van der Waals surface area contributed by atoms with Crippen LogP contribution in [0, 0.1) is 0 Å². The lowest BCUT2D eigenvalue weighted by atomic mass is 9.83. The lowest BCUT2D eigenvalue weighted by molar-refractivity contribution is -0.00585. The summed E-state index contributed by atoms with van der Waals surface area (Å²) in [5.41, 5.74) is 1.40. The number of nitrogens with one attached hydrogen (secondary N) is 2. The molecule has 112 valence electrons. The molecule has 0 unspecified atom stereocenters. The Morgan fingerprint density at radius 1 is 1.41 bits per heavy atom. The molecule has 22 heavy (non-hydrogen) atoms. The third-order valence-corrected chi connectivity index (χ3v) is 4.18. The van der Waals surface area contributed by atoms with Crippen molar-refractivity contribution in [2.45, 2.75) is 24.6 Å². The monoisotopic (exact) mass is 297 g/mol. The second kappa shape index (κ2) is 4.96. The molecule has 0 spiro atoms. The molecule has 7 heteroatoms. The Bertz CT molecular complexity index is 810. The van der Waals surface area contributed by atoms with Gasteiger partial charge in [0.15, 0.2) is 0 Å². The van der Waals surface area contributed by atoms with Crippen molar-refractivity contribution in [3.63, 3.8) is 0 Å². The molecule has 3 aromatic rings. The van der Waals surface area contributed by atoms with E-state index in [4.69, 9.17) is 0 Å². The Hall–Kier alpha value is -2.67. The minimum Gasteiger partial charge on any atom is -0.391 e. The van der Waals surface area contributed by atoms with E-state index >= 15 is 0 Å². The number of carbonyl (C=O) groups excluding carboxylic acids is 1. The maximum absolute atomic E-state index is 12.5. The molecule has 1 amide bonds. The highest BCUT2D eigenvalue weighted by Crippen LogP contribution is 2.32. The van der Waals surface area contributed by atoms with Crippen molar-refractivity contribution in [3.8, 4) is 0 Å². The summed E-state index contributed by atoms with van der Waals surface area (Å²) in [7, 11) is 0. The summed E-state index contributed by atoms with van der Waals surface area (Å²) in [6.45, 7) is 0. The predicted octanol–water partition coefficient (Wildman–Crippen LogP) is 0.864. The van der Waals surface area contributed by atoms with Gasteiger partial charge in [-0.15, -0.1) is 0 Å². The molecule has 0 radical (unpaired) electrons. The average Bonchev–Trinajstić information content (AvgIpc) is 3.16. The molecule has 1 saturated carbocycles. The van der Waals surface area contributed by atoms with Crippen LogP contribution in [0.15, 0.2) is 42.9 Å². The van der Waals surface area contributed by atoms with Crippen molar-refractivity contribution in [3.05, 3.63) is 48.4 Å². The van der Waals surface area contributed by atoms with Gasteiger partial charge in [-0.3, -0.25) is 14.6 Å². The van der Waals surface area contributed by atoms with Crippen LogP contribution in [0.5, 0.6) is 0 Å². The quantitative estimate of drug-likeness (QED) is 0.668. The molecular formula is C15H15N5O2. The second-order valence-electron chi connectivity index (χ2n) is 5.50. The average molecular weight is 297 g/mol. The maximum Gasteiger partial charge on any atom is 0.252 e. The van der Waals surface area contributed by atoms with Gasteiger partial charge in [0.05, 0.1) is 35.5 Å². The summed E-state index contributed by atoms with van der Waals surface area (Å²) in [6.07, 6.45) is 5.14. The van der Waals surface area contributed by atoms with E-state index in [1.807, 2.05) is 12.1 Å². The molecule has 3 atom stereocenters. The number of hydrogen-bond acceptors (Lipinski definition) is 4. The topological polar surface area (TPSA) is 95.8 Å². The van der Waals surface area contributed by atoms with Crippen LogP contribution < -0.4 is 5.32 Å². The molecule has 2 aromatic heterocycles. The van der Waals surface area contributed by atoms with Crippen LogP contribution in [0.25, 0.3) is 10.9 Å². The summed E-state index contributed by atoms with van der Waals surface area (Å²) in [4.78, 5) is 12.5. The first-order chi connectivity index (χ1) is 10.7. The number of fused-ring (bicyclic) bond motifs is 1. The van der Waals surface area contributed by atoms with Crippen LogP contribution >= 0.6 is 0 Å². The number of H-pyrrole nitrogens is 1. The van der Waals surface area contributed by atoms with Gasteiger partial charge in [-0.2, -0.15) is 10.2 Å². The Kier molecular flexibility index (Phi) is 2.93. The highest BCUT2D eigenvalue weighted by molar-refractivity contribution is 6.06. The highest BCUT2D eigenvalue weighted by atomic mass is 16.3. The minimum absolute atomic E-state index is 0.135. The van der Waals surface area contributed by atoms with E-state index in [9.17, 15) is 9.90 Å². The van der Waals surface area contributed by atoms with Gasteiger partial charge in [-0.1, -0.05) is 6.07 Å². The largest absolute Gasteiger partial charge is 0.391 e. The number of aliphatic hydroxyl groups is 1. The number of amides is 1. The molecule has 0 aliphatic heterocycles. The smallest absolute Gasteiger partial charge is 0.252 e. The van der Waals surface area contributed by atoms with Crippen LogP contribution in [-0.4, -0.2) is 43.1 Å². The molecule has 0 bridgehead atoms. The van der Waals surface area contributed by atoms with Gasteiger partial charge in [0, 0.05) is 17.8 Å². The van der Waals surface area contributed by atoms with Gasteiger partial charge >= 0.3 is 0 Å². The summed E-state index contributed by atoms with van der Waals surface area (Å²) in [5.74, 6) is -0.166. The standard InChI is InChI=1S/C15H15N5O2/c21-13-7-12(14(13)20-6-2-5-17-20)18-15(22)9-3-1-4-11-10(9)8-16-19-11/h1-6,8,12-14,21H,7H2,(H,16,19)(H,18,22)/t12-,13+,14+/m0/s1. The Morgan fingerprint density at radius 3 is 3.09 bits per heavy atom. The summed E-state index contributed by atoms with van der Waals surface area (Å²) >= 11 is 0. The first-order valence-electron chi connectivity index (χ1n) is 7.14. The van der Waals surface area contributed by atoms with Crippen molar-refractivity contribution >= 4 is 16.8 Å². The Balaban J connectivity index is 1.56. The first kappa shape index (κ1) is 13.0. The van der Waals surface area contributed by atoms with E-state index in [-0.39, 0.29) is 18.0 Å². The zero-order valence-electron chi connectivity index (χ0n) is 11.7. The van der Waals surface area contributed by atoms with Gasteiger partial charge in [0.1, 0.15) is 0 Å². The van der Waals surface area contributed by atoms with E-state index in [0.29, 0.717) is 12.0 Å². The van der Waals surface area contributed by atoms with E-state index in [1.54, 1.807) is 35.4 Å². The fraction of sp³-hybridized carbons (Fsp3) is 0.267. The number of benzene rings is 1. The van der Waals surface area contributed by atoms with Crippen LogP contribution in [-0.2, 0) is 0 Å². The first-order valence-corrected chi connectivity index (χ1v) is 7.14. The van der Waals surface area contributed by atoms with E-state index < -0.39 is 6.10 Å². The number of carbonyl (C=O) groups is 1. The Labute approximate surface area is 125 Å². The lowest BCUT2D eigenvalue weighted by Crippen LogP contribution is -2.56. The predicted molar refractivity (Wildman–Crippen MR) is 79.2 cm³/mol. The molecule has 1 fully saturated rings. The number of rotatable bonds is 3. The van der Waals surface area contributed by atoms with Crippen molar-refractivity contribution in [1.82, 2.24) is 25.3 Å². The van der Waals surface area contributed by atoms with Gasteiger partial charge in [-0.25, -0.2) is 0 Å². The second-order valence-corrected chi connectivity index (χ2v) is 5.50. The fourth-order valence-corrected chi connectivity index (χ4v) is 2.99. The molecule has 7 nitrogen and oxygen atoms in total. The SMILES string of the molecule is O=C(N[C@H]1C[C@@H](O)[C@@H]1n1cccn1)c1cccc2[nH]ncc12. The fourth-order valence-electron chi connectivity index (χ4n) is 2.99. The van der Waals surface area contributed by atoms with Crippen LogP contribution in [0.4, 0.5) is 0 Å². The zero-order chi connectivity index (χ0) is 15.1. The van der Waals surface area contributed by atoms with E-state index in [2.05, 4.69) is 20.6 Å². The van der Waals surface area contributed by atoms with Crippen molar-refractivity contribution in [1.29, 1.82) is 0 Å². The molecule has 3 N–H and O–H groups in total. The van der Waals surface area contributed by atoms with Gasteiger partial charge in [0.25, 0.3) is 5.91 Å². The van der Waals surface area contributed by atoms with Crippen LogP contribution in [0.3, 0.4) is 0 Å². The maximum atomic E-state index is 12.5. The summed E-state index contributed by atoms with van der Waals surface area (Å²) < 4.78 is 1.69.